The first-order valence-electron chi connectivity index (χ1n) is 4.27. The van der Waals surface area contributed by atoms with Crippen molar-refractivity contribution < 1.29 is 9.53 Å². The van der Waals surface area contributed by atoms with Gasteiger partial charge in [-0.05, 0) is 19.4 Å². The molecule has 0 aliphatic heterocycles. The summed E-state index contributed by atoms with van der Waals surface area (Å²) in [5, 5.41) is 7.55. The molecule has 4 nitrogen and oxygen atoms in total. The van der Waals surface area contributed by atoms with Crippen molar-refractivity contribution >= 4 is 5.97 Å². The SMILES string of the molecule is CCOC(=O)c1ccnnc1CC. The van der Waals surface area contributed by atoms with Gasteiger partial charge in [-0.3, -0.25) is 0 Å². The Labute approximate surface area is 76.9 Å². The summed E-state index contributed by atoms with van der Waals surface area (Å²) >= 11 is 0. The lowest BCUT2D eigenvalue weighted by atomic mass is 10.2. The maximum atomic E-state index is 11.3. The van der Waals surface area contributed by atoms with Crippen molar-refractivity contribution in [2.45, 2.75) is 20.3 Å². The van der Waals surface area contributed by atoms with Crippen LogP contribution >= 0.6 is 0 Å². The maximum absolute atomic E-state index is 11.3. The van der Waals surface area contributed by atoms with Crippen LogP contribution in [0.25, 0.3) is 0 Å². The molecule has 1 aromatic rings. The highest BCUT2D eigenvalue weighted by molar-refractivity contribution is 5.90. The van der Waals surface area contributed by atoms with Gasteiger partial charge < -0.3 is 4.74 Å². The summed E-state index contributed by atoms with van der Waals surface area (Å²) < 4.78 is 4.86. The molecule has 0 saturated heterocycles. The van der Waals surface area contributed by atoms with Gasteiger partial charge in [-0.25, -0.2) is 4.79 Å². The Morgan fingerprint density at radius 1 is 1.54 bits per heavy atom. The number of carbonyl (C=O) groups is 1. The Balaban J connectivity index is 2.92. The van der Waals surface area contributed by atoms with Crippen molar-refractivity contribution in [3.63, 3.8) is 0 Å². The number of aryl methyl sites for hydroxylation is 1. The van der Waals surface area contributed by atoms with Crippen molar-refractivity contribution in [3.8, 4) is 0 Å². The number of aromatic nitrogens is 2. The van der Waals surface area contributed by atoms with Crippen LogP contribution in [0.3, 0.4) is 0 Å². The molecule has 0 amide bonds. The van der Waals surface area contributed by atoms with E-state index in [0.29, 0.717) is 24.3 Å². The van der Waals surface area contributed by atoms with E-state index in [0.717, 1.165) is 0 Å². The molecule has 13 heavy (non-hydrogen) atoms. The van der Waals surface area contributed by atoms with E-state index in [-0.39, 0.29) is 5.97 Å². The lowest BCUT2D eigenvalue weighted by molar-refractivity contribution is 0.0524. The van der Waals surface area contributed by atoms with E-state index in [4.69, 9.17) is 4.74 Å². The first-order chi connectivity index (χ1) is 6.29. The molecule has 0 radical (unpaired) electrons. The van der Waals surface area contributed by atoms with Crippen molar-refractivity contribution in [2.24, 2.45) is 0 Å². The summed E-state index contributed by atoms with van der Waals surface area (Å²) in [4.78, 5) is 11.3. The zero-order valence-electron chi connectivity index (χ0n) is 7.78. The molecular formula is C9H12N2O2. The van der Waals surface area contributed by atoms with Gasteiger partial charge in [0.05, 0.1) is 24.1 Å². The number of rotatable bonds is 3. The summed E-state index contributed by atoms with van der Waals surface area (Å²) in [6.45, 7) is 4.08. The number of ether oxygens (including phenoxy) is 1. The topological polar surface area (TPSA) is 52.1 Å². The van der Waals surface area contributed by atoms with Crippen LogP contribution in [-0.2, 0) is 11.2 Å². The molecule has 0 N–H and O–H groups in total. The minimum Gasteiger partial charge on any atom is -0.462 e. The van der Waals surface area contributed by atoms with E-state index in [2.05, 4.69) is 10.2 Å². The van der Waals surface area contributed by atoms with Crippen LogP contribution in [0, 0.1) is 0 Å². The molecule has 0 unspecified atom stereocenters. The van der Waals surface area contributed by atoms with Gasteiger partial charge in [0.2, 0.25) is 0 Å². The first kappa shape index (κ1) is 9.64. The van der Waals surface area contributed by atoms with Gasteiger partial charge in [0, 0.05) is 0 Å². The molecule has 0 spiro atoms. The van der Waals surface area contributed by atoms with Gasteiger partial charge >= 0.3 is 5.97 Å². The quantitative estimate of drug-likeness (QED) is 0.656. The Morgan fingerprint density at radius 3 is 2.92 bits per heavy atom. The lowest BCUT2D eigenvalue weighted by Crippen LogP contribution is -2.09. The fourth-order valence-electron chi connectivity index (χ4n) is 1.02. The Morgan fingerprint density at radius 2 is 2.31 bits per heavy atom. The van der Waals surface area contributed by atoms with E-state index in [1.54, 1.807) is 13.0 Å². The molecule has 1 aromatic heterocycles. The third kappa shape index (κ3) is 2.24. The van der Waals surface area contributed by atoms with Gasteiger partial charge in [0.15, 0.2) is 0 Å². The van der Waals surface area contributed by atoms with Crippen LogP contribution in [0.15, 0.2) is 12.3 Å². The number of carbonyl (C=O) groups excluding carboxylic acids is 1. The van der Waals surface area contributed by atoms with E-state index < -0.39 is 0 Å². The smallest absolute Gasteiger partial charge is 0.340 e. The molecule has 0 bridgehead atoms. The largest absolute Gasteiger partial charge is 0.462 e. The van der Waals surface area contributed by atoms with Crippen molar-refractivity contribution in [3.05, 3.63) is 23.5 Å². The molecule has 0 aromatic carbocycles. The van der Waals surface area contributed by atoms with Crippen LogP contribution in [0.5, 0.6) is 0 Å². The predicted molar refractivity (Wildman–Crippen MR) is 47.4 cm³/mol. The van der Waals surface area contributed by atoms with E-state index in [9.17, 15) is 4.79 Å². The van der Waals surface area contributed by atoms with Gasteiger partial charge in [0.25, 0.3) is 0 Å². The molecule has 0 atom stereocenters. The van der Waals surface area contributed by atoms with E-state index in [1.165, 1.54) is 6.20 Å². The van der Waals surface area contributed by atoms with Crippen LogP contribution in [0.1, 0.15) is 29.9 Å². The molecule has 0 saturated carbocycles. The van der Waals surface area contributed by atoms with Gasteiger partial charge in [0.1, 0.15) is 0 Å². The van der Waals surface area contributed by atoms with Gasteiger partial charge in [-0.2, -0.15) is 10.2 Å². The zero-order chi connectivity index (χ0) is 9.68. The van der Waals surface area contributed by atoms with Gasteiger partial charge in [-0.1, -0.05) is 6.92 Å². The fourth-order valence-corrected chi connectivity index (χ4v) is 1.02. The first-order valence-corrected chi connectivity index (χ1v) is 4.27. The van der Waals surface area contributed by atoms with Crippen molar-refractivity contribution in [1.29, 1.82) is 0 Å². The van der Waals surface area contributed by atoms with E-state index in [1.807, 2.05) is 6.92 Å². The van der Waals surface area contributed by atoms with E-state index >= 15 is 0 Å². The summed E-state index contributed by atoms with van der Waals surface area (Å²) in [6.07, 6.45) is 2.17. The monoisotopic (exact) mass is 180 g/mol. The molecule has 0 fully saturated rings. The second-order valence-corrected chi connectivity index (χ2v) is 2.47. The third-order valence-electron chi connectivity index (χ3n) is 1.63. The fraction of sp³-hybridized carbons (Fsp3) is 0.444. The van der Waals surface area contributed by atoms with Gasteiger partial charge in [-0.15, -0.1) is 0 Å². The second-order valence-electron chi connectivity index (χ2n) is 2.47. The summed E-state index contributed by atoms with van der Waals surface area (Å²) in [5.41, 5.74) is 1.19. The molecule has 1 rings (SSSR count). The maximum Gasteiger partial charge on any atom is 0.340 e. The molecule has 0 aliphatic carbocycles. The molecule has 1 heterocycles. The highest BCUT2D eigenvalue weighted by atomic mass is 16.5. The Bertz CT molecular complexity index is 299. The van der Waals surface area contributed by atoms with Crippen LogP contribution in [0.2, 0.25) is 0 Å². The van der Waals surface area contributed by atoms with Crippen molar-refractivity contribution in [1.82, 2.24) is 10.2 Å². The normalized spacial score (nSPS) is 9.69. The Hall–Kier alpha value is -1.45. The molecule has 0 aliphatic rings. The Kier molecular flexibility index (Phi) is 3.37. The zero-order valence-corrected chi connectivity index (χ0v) is 7.78. The standard InChI is InChI=1S/C9H12N2O2/c1-3-8-7(5-6-10-11-8)9(12)13-4-2/h5-6H,3-4H2,1-2H3. The number of hydrogen-bond acceptors (Lipinski definition) is 4. The molecule has 70 valence electrons. The predicted octanol–water partition coefficient (Wildman–Crippen LogP) is 1.22. The summed E-state index contributed by atoms with van der Waals surface area (Å²) in [5.74, 6) is -0.325. The summed E-state index contributed by atoms with van der Waals surface area (Å²) in [7, 11) is 0. The summed E-state index contributed by atoms with van der Waals surface area (Å²) in [6, 6.07) is 1.63. The third-order valence-corrected chi connectivity index (χ3v) is 1.63. The average Bonchev–Trinajstić information content (AvgIpc) is 2.18. The minimum absolute atomic E-state index is 0.325. The number of hydrogen-bond donors (Lipinski definition) is 0. The lowest BCUT2D eigenvalue weighted by Gasteiger charge is -2.03. The van der Waals surface area contributed by atoms with Crippen molar-refractivity contribution in [2.75, 3.05) is 6.61 Å². The van der Waals surface area contributed by atoms with Crippen LogP contribution < -0.4 is 0 Å². The second kappa shape index (κ2) is 4.54. The molecule has 4 heteroatoms. The number of nitrogens with zero attached hydrogens (tertiary/aromatic N) is 2. The minimum atomic E-state index is -0.325. The average molecular weight is 180 g/mol. The molecular weight excluding hydrogens is 168 g/mol. The number of esters is 1. The highest BCUT2D eigenvalue weighted by Crippen LogP contribution is 2.06. The highest BCUT2D eigenvalue weighted by Gasteiger charge is 2.11. The van der Waals surface area contributed by atoms with Crippen LogP contribution in [-0.4, -0.2) is 22.8 Å². The van der Waals surface area contributed by atoms with Crippen LogP contribution in [0.4, 0.5) is 0 Å².